The molecule has 0 aliphatic rings. The fourth-order valence-electron chi connectivity index (χ4n) is 1.40. The Morgan fingerprint density at radius 2 is 1.78 bits per heavy atom. The van der Waals surface area contributed by atoms with Crippen molar-refractivity contribution in [3.8, 4) is 5.75 Å². The van der Waals surface area contributed by atoms with E-state index in [1.54, 1.807) is 49.6 Å². The molecule has 0 spiro atoms. The van der Waals surface area contributed by atoms with Crippen LogP contribution in [-0.2, 0) is 0 Å². The number of methoxy groups -OCH3 is 1. The van der Waals surface area contributed by atoms with Crippen molar-refractivity contribution in [1.29, 1.82) is 0 Å². The SMILES string of the molecule is COc1cc(N)ccc1/N=N/c1ccc(Cl)cc1. The molecule has 0 heterocycles. The summed E-state index contributed by atoms with van der Waals surface area (Å²) >= 11 is 5.79. The molecule has 4 nitrogen and oxygen atoms in total. The first kappa shape index (κ1) is 12.4. The highest BCUT2D eigenvalue weighted by atomic mass is 35.5. The Bertz CT molecular complexity index is 567. The van der Waals surface area contributed by atoms with Gasteiger partial charge < -0.3 is 10.5 Å². The van der Waals surface area contributed by atoms with Gasteiger partial charge in [0.1, 0.15) is 11.4 Å². The van der Waals surface area contributed by atoms with Gasteiger partial charge >= 0.3 is 0 Å². The van der Waals surface area contributed by atoms with E-state index in [0.29, 0.717) is 22.1 Å². The minimum absolute atomic E-state index is 0.590. The van der Waals surface area contributed by atoms with Gasteiger partial charge in [0.05, 0.1) is 12.8 Å². The van der Waals surface area contributed by atoms with Crippen molar-refractivity contribution in [3.05, 3.63) is 47.5 Å². The third-order valence-electron chi connectivity index (χ3n) is 2.30. The van der Waals surface area contributed by atoms with Crippen LogP contribution in [0, 0.1) is 0 Å². The predicted octanol–water partition coefficient (Wildman–Crippen LogP) is 4.35. The Morgan fingerprint density at radius 1 is 1.06 bits per heavy atom. The number of anilines is 1. The maximum atomic E-state index is 5.79. The average molecular weight is 262 g/mol. The van der Waals surface area contributed by atoms with Crippen molar-refractivity contribution in [3.63, 3.8) is 0 Å². The first-order chi connectivity index (χ1) is 8.69. The zero-order chi connectivity index (χ0) is 13.0. The molecular weight excluding hydrogens is 250 g/mol. The van der Waals surface area contributed by atoms with Crippen LogP contribution < -0.4 is 10.5 Å². The van der Waals surface area contributed by atoms with E-state index in [-0.39, 0.29) is 0 Å². The lowest BCUT2D eigenvalue weighted by molar-refractivity contribution is 0.416. The number of hydrogen-bond acceptors (Lipinski definition) is 4. The molecule has 2 aromatic carbocycles. The zero-order valence-electron chi connectivity index (χ0n) is 9.80. The van der Waals surface area contributed by atoms with Gasteiger partial charge in [0, 0.05) is 16.8 Å². The van der Waals surface area contributed by atoms with Crippen LogP contribution in [0.1, 0.15) is 0 Å². The van der Waals surface area contributed by atoms with E-state index >= 15 is 0 Å². The summed E-state index contributed by atoms with van der Waals surface area (Å²) in [5.74, 6) is 0.590. The fourth-order valence-corrected chi connectivity index (χ4v) is 1.52. The average Bonchev–Trinajstić information content (AvgIpc) is 2.39. The molecule has 0 saturated carbocycles. The molecule has 0 aliphatic heterocycles. The summed E-state index contributed by atoms with van der Waals surface area (Å²) in [5, 5.41) is 8.89. The molecule has 5 heteroatoms. The Labute approximate surface area is 110 Å². The molecule has 92 valence electrons. The number of ether oxygens (including phenoxy) is 1. The van der Waals surface area contributed by atoms with Crippen molar-refractivity contribution in [2.75, 3.05) is 12.8 Å². The van der Waals surface area contributed by atoms with Crippen LogP contribution in [0.4, 0.5) is 17.1 Å². The number of nitrogen functional groups attached to an aromatic ring is 1. The molecule has 0 radical (unpaired) electrons. The van der Waals surface area contributed by atoms with E-state index in [1.165, 1.54) is 0 Å². The highest BCUT2D eigenvalue weighted by molar-refractivity contribution is 6.30. The van der Waals surface area contributed by atoms with Crippen LogP contribution in [0.15, 0.2) is 52.7 Å². The lowest BCUT2D eigenvalue weighted by Gasteiger charge is -2.03. The monoisotopic (exact) mass is 261 g/mol. The number of nitrogens with two attached hydrogens (primary N) is 1. The second kappa shape index (κ2) is 5.51. The van der Waals surface area contributed by atoms with E-state index in [9.17, 15) is 0 Å². The smallest absolute Gasteiger partial charge is 0.148 e. The molecule has 18 heavy (non-hydrogen) atoms. The second-order valence-corrected chi connectivity index (χ2v) is 4.04. The van der Waals surface area contributed by atoms with Gasteiger partial charge in [-0.1, -0.05) is 11.6 Å². The summed E-state index contributed by atoms with van der Waals surface area (Å²) < 4.78 is 5.18. The molecule has 0 unspecified atom stereocenters. The molecule has 0 aromatic heterocycles. The van der Waals surface area contributed by atoms with Crippen molar-refractivity contribution in [1.82, 2.24) is 0 Å². The lowest BCUT2D eigenvalue weighted by Crippen LogP contribution is -1.87. The van der Waals surface area contributed by atoms with Gasteiger partial charge in [0.15, 0.2) is 0 Å². The highest BCUT2D eigenvalue weighted by Gasteiger charge is 2.01. The number of hydrogen-bond donors (Lipinski definition) is 1. The lowest BCUT2D eigenvalue weighted by atomic mass is 10.2. The van der Waals surface area contributed by atoms with E-state index in [0.717, 1.165) is 5.69 Å². The first-order valence-electron chi connectivity index (χ1n) is 5.30. The number of benzene rings is 2. The predicted molar refractivity (Wildman–Crippen MR) is 73.0 cm³/mol. The molecule has 0 amide bonds. The molecule has 2 aromatic rings. The Kier molecular flexibility index (Phi) is 3.79. The highest BCUT2D eigenvalue weighted by Crippen LogP contribution is 2.30. The van der Waals surface area contributed by atoms with Crippen molar-refractivity contribution in [2.45, 2.75) is 0 Å². The largest absolute Gasteiger partial charge is 0.494 e. The minimum atomic E-state index is 0.590. The summed E-state index contributed by atoms with van der Waals surface area (Å²) in [6.45, 7) is 0. The molecular formula is C13H12ClN3O. The third-order valence-corrected chi connectivity index (χ3v) is 2.56. The van der Waals surface area contributed by atoms with Gasteiger partial charge in [-0.3, -0.25) is 0 Å². The molecule has 0 bridgehead atoms. The number of azo groups is 1. The van der Waals surface area contributed by atoms with Crippen molar-refractivity contribution in [2.24, 2.45) is 10.2 Å². The molecule has 0 atom stereocenters. The topological polar surface area (TPSA) is 60.0 Å². The van der Waals surface area contributed by atoms with E-state index in [4.69, 9.17) is 22.1 Å². The van der Waals surface area contributed by atoms with Crippen molar-refractivity contribution >= 4 is 28.7 Å². The van der Waals surface area contributed by atoms with Gasteiger partial charge in [-0.2, -0.15) is 5.11 Å². The van der Waals surface area contributed by atoms with Crippen LogP contribution >= 0.6 is 11.6 Å². The van der Waals surface area contributed by atoms with E-state index in [1.807, 2.05) is 0 Å². The zero-order valence-corrected chi connectivity index (χ0v) is 10.6. The fraction of sp³-hybridized carbons (Fsp3) is 0.0769. The molecule has 0 saturated heterocycles. The minimum Gasteiger partial charge on any atom is -0.494 e. The van der Waals surface area contributed by atoms with Crippen LogP contribution in [-0.4, -0.2) is 7.11 Å². The maximum Gasteiger partial charge on any atom is 0.148 e. The van der Waals surface area contributed by atoms with E-state index < -0.39 is 0 Å². The van der Waals surface area contributed by atoms with Gasteiger partial charge in [-0.05, 0) is 36.4 Å². The van der Waals surface area contributed by atoms with Gasteiger partial charge in [-0.15, -0.1) is 5.11 Å². The standard InChI is InChI=1S/C13H12ClN3O/c1-18-13-8-10(15)4-7-12(13)17-16-11-5-2-9(14)3-6-11/h2-8H,15H2,1H3/b17-16+. The van der Waals surface area contributed by atoms with E-state index in [2.05, 4.69) is 10.2 Å². The summed E-state index contributed by atoms with van der Waals surface area (Å²) in [6, 6.07) is 12.3. The Hall–Kier alpha value is -2.07. The van der Waals surface area contributed by atoms with Crippen LogP contribution in [0.25, 0.3) is 0 Å². The quantitative estimate of drug-likeness (QED) is 0.660. The number of halogens is 1. The Balaban J connectivity index is 2.25. The van der Waals surface area contributed by atoms with Crippen LogP contribution in [0.2, 0.25) is 5.02 Å². The summed E-state index contributed by atoms with van der Waals surface area (Å²) in [6.07, 6.45) is 0. The molecule has 2 N–H and O–H groups in total. The van der Waals surface area contributed by atoms with Gasteiger partial charge in [0.2, 0.25) is 0 Å². The normalized spacial score (nSPS) is 10.8. The molecule has 2 rings (SSSR count). The van der Waals surface area contributed by atoms with Crippen LogP contribution in [0.3, 0.4) is 0 Å². The molecule has 0 fully saturated rings. The van der Waals surface area contributed by atoms with Crippen molar-refractivity contribution < 1.29 is 4.74 Å². The third kappa shape index (κ3) is 2.99. The summed E-state index contributed by atoms with van der Waals surface area (Å²) in [7, 11) is 1.57. The van der Waals surface area contributed by atoms with Gasteiger partial charge in [0.25, 0.3) is 0 Å². The second-order valence-electron chi connectivity index (χ2n) is 3.61. The number of nitrogens with zero attached hydrogens (tertiary/aromatic N) is 2. The molecule has 0 aliphatic carbocycles. The summed E-state index contributed by atoms with van der Waals surface area (Å²) in [5.41, 5.74) is 7.63. The number of rotatable bonds is 3. The Morgan fingerprint density at radius 3 is 2.44 bits per heavy atom. The van der Waals surface area contributed by atoms with Crippen LogP contribution in [0.5, 0.6) is 5.75 Å². The first-order valence-corrected chi connectivity index (χ1v) is 5.67. The summed E-state index contributed by atoms with van der Waals surface area (Å²) in [4.78, 5) is 0. The van der Waals surface area contributed by atoms with Gasteiger partial charge in [-0.25, -0.2) is 0 Å². The maximum absolute atomic E-state index is 5.79.